The molecule has 0 saturated heterocycles. The minimum atomic E-state index is -1.17. The SMILES string of the molecule is [NH3+][C@@H](CSCc1ccc(F)cc1Cl)C(=O)[O-]. The van der Waals surface area contributed by atoms with Crippen molar-refractivity contribution in [2.24, 2.45) is 0 Å². The highest BCUT2D eigenvalue weighted by Gasteiger charge is 2.08. The summed E-state index contributed by atoms with van der Waals surface area (Å²) in [4.78, 5) is 10.4. The second-order valence-corrected chi connectivity index (χ2v) is 4.70. The third-order valence-corrected chi connectivity index (χ3v) is 3.43. The molecular formula is C10H11ClFNO2S. The first-order valence-electron chi connectivity index (χ1n) is 4.56. The van der Waals surface area contributed by atoms with Crippen molar-refractivity contribution in [2.45, 2.75) is 11.8 Å². The molecule has 0 heterocycles. The Morgan fingerprint density at radius 1 is 1.62 bits per heavy atom. The number of quaternary nitrogens is 1. The van der Waals surface area contributed by atoms with Gasteiger partial charge in [-0.25, -0.2) is 4.39 Å². The lowest BCUT2D eigenvalue weighted by molar-refractivity contribution is -0.431. The number of thioether (sulfide) groups is 1. The number of hydrogen-bond donors (Lipinski definition) is 1. The van der Waals surface area contributed by atoms with Gasteiger partial charge in [0.15, 0.2) is 0 Å². The molecule has 0 amide bonds. The lowest BCUT2D eigenvalue weighted by atomic mass is 10.2. The van der Waals surface area contributed by atoms with E-state index in [1.165, 1.54) is 23.9 Å². The molecule has 1 atom stereocenters. The normalized spacial score (nSPS) is 12.4. The third-order valence-electron chi connectivity index (χ3n) is 1.93. The Labute approximate surface area is 102 Å². The van der Waals surface area contributed by atoms with Crippen molar-refractivity contribution < 1.29 is 20.0 Å². The van der Waals surface area contributed by atoms with Crippen molar-refractivity contribution in [3.63, 3.8) is 0 Å². The van der Waals surface area contributed by atoms with Gasteiger partial charge < -0.3 is 15.6 Å². The first-order chi connectivity index (χ1) is 7.50. The smallest absolute Gasteiger partial charge is 0.134 e. The van der Waals surface area contributed by atoms with Gasteiger partial charge in [0.05, 0.1) is 11.7 Å². The van der Waals surface area contributed by atoms with Crippen LogP contribution in [0.15, 0.2) is 18.2 Å². The molecule has 3 N–H and O–H groups in total. The molecular weight excluding hydrogens is 253 g/mol. The molecule has 1 aromatic carbocycles. The number of aliphatic carboxylic acids is 1. The fourth-order valence-corrected chi connectivity index (χ4v) is 2.34. The summed E-state index contributed by atoms with van der Waals surface area (Å²) < 4.78 is 12.7. The van der Waals surface area contributed by atoms with Crippen LogP contribution in [-0.4, -0.2) is 17.8 Å². The maximum absolute atomic E-state index is 12.7. The Morgan fingerprint density at radius 2 is 2.31 bits per heavy atom. The van der Waals surface area contributed by atoms with E-state index in [0.717, 1.165) is 5.56 Å². The first kappa shape index (κ1) is 13.3. The van der Waals surface area contributed by atoms with Gasteiger partial charge in [-0.3, -0.25) is 0 Å². The third kappa shape index (κ3) is 4.00. The highest BCUT2D eigenvalue weighted by molar-refractivity contribution is 7.98. The molecule has 0 radical (unpaired) electrons. The van der Waals surface area contributed by atoms with Crippen LogP contribution in [-0.2, 0) is 10.5 Å². The van der Waals surface area contributed by atoms with Crippen molar-refractivity contribution in [3.05, 3.63) is 34.6 Å². The molecule has 0 aliphatic carbocycles. The van der Waals surface area contributed by atoms with Gasteiger partial charge in [0.2, 0.25) is 0 Å². The summed E-state index contributed by atoms with van der Waals surface area (Å²) in [6, 6.07) is 3.39. The van der Waals surface area contributed by atoms with Gasteiger partial charge in [0, 0.05) is 10.8 Å². The number of carbonyl (C=O) groups excluding carboxylic acids is 1. The van der Waals surface area contributed by atoms with Crippen LogP contribution in [0.5, 0.6) is 0 Å². The number of hydrogen-bond acceptors (Lipinski definition) is 3. The van der Waals surface area contributed by atoms with Gasteiger partial charge in [-0.05, 0) is 17.7 Å². The highest BCUT2D eigenvalue weighted by atomic mass is 35.5. The van der Waals surface area contributed by atoms with Gasteiger partial charge in [0.1, 0.15) is 11.9 Å². The summed E-state index contributed by atoms with van der Waals surface area (Å²) in [5.74, 6) is -0.685. The van der Waals surface area contributed by atoms with Gasteiger partial charge in [-0.2, -0.15) is 11.8 Å². The van der Waals surface area contributed by atoms with Crippen LogP contribution in [0.3, 0.4) is 0 Å². The summed E-state index contributed by atoms with van der Waals surface area (Å²) in [6.45, 7) is 0. The second kappa shape index (κ2) is 6.08. The highest BCUT2D eigenvalue weighted by Crippen LogP contribution is 2.22. The Hall–Kier alpha value is -0.780. The van der Waals surface area contributed by atoms with Gasteiger partial charge in [-0.1, -0.05) is 17.7 Å². The van der Waals surface area contributed by atoms with E-state index in [4.69, 9.17) is 11.6 Å². The number of rotatable bonds is 5. The standard InChI is InChI=1S/C10H11ClFNO2S/c11-8-3-7(12)2-1-6(8)4-16-5-9(13)10(14)15/h1-3,9H,4-5,13H2,(H,14,15)/t9-/m0/s1. The minimum absolute atomic E-state index is 0.343. The van der Waals surface area contributed by atoms with Gasteiger partial charge in [0.25, 0.3) is 0 Å². The number of carboxylic acid groups (broad SMARTS) is 1. The Kier molecular flexibility index (Phi) is 5.05. The van der Waals surface area contributed by atoms with E-state index < -0.39 is 12.0 Å². The van der Waals surface area contributed by atoms with Crippen molar-refractivity contribution in [2.75, 3.05) is 5.75 Å². The average molecular weight is 264 g/mol. The zero-order chi connectivity index (χ0) is 12.1. The molecule has 0 aromatic heterocycles. The average Bonchev–Trinajstić information content (AvgIpc) is 2.20. The maximum Gasteiger partial charge on any atom is 0.134 e. The van der Waals surface area contributed by atoms with Crippen molar-refractivity contribution in [1.82, 2.24) is 0 Å². The molecule has 0 spiro atoms. The Bertz CT molecular complexity index is 389. The summed E-state index contributed by atoms with van der Waals surface area (Å²) in [6.07, 6.45) is 0. The fourth-order valence-electron chi connectivity index (χ4n) is 1.02. The van der Waals surface area contributed by atoms with Crippen LogP contribution < -0.4 is 10.8 Å². The molecule has 0 unspecified atom stereocenters. The van der Waals surface area contributed by atoms with Crippen molar-refractivity contribution in [1.29, 1.82) is 0 Å². The summed E-state index contributed by atoms with van der Waals surface area (Å²) in [5, 5.41) is 10.7. The molecule has 0 saturated carbocycles. The number of carboxylic acids is 1. The van der Waals surface area contributed by atoms with Crippen LogP contribution in [0.1, 0.15) is 5.56 Å². The van der Waals surface area contributed by atoms with Crippen LogP contribution in [0.2, 0.25) is 5.02 Å². The quantitative estimate of drug-likeness (QED) is 0.818. The van der Waals surface area contributed by atoms with E-state index in [2.05, 4.69) is 5.73 Å². The molecule has 6 heteroatoms. The molecule has 3 nitrogen and oxygen atoms in total. The largest absolute Gasteiger partial charge is 0.544 e. The monoisotopic (exact) mass is 263 g/mol. The van der Waals surface area contributed by atoms with Crippen LogP contribution in [0.25, 0.3) is 0 Å². The van der Waals surface area contributed by atoms with E-state index in [-0.39, 0.29) is 5.82 Å². The molecule has 1 rings (SSSR count). The zero-order valence-corrected chi connectivity index (χ0v) is 9.98. The Morgan fingerprint density at radius 3 is 2.88 bits per heavy atom. The van der Waals surface area contributed by atoms with E-state index in [9.17, 15) is 14.3 Å². The minimum Gasteiger partial charge on any atom is -0.544 e. The number of carbonyl (C=O) groups is 1. The predicted octanol–water partition coefficient (Wildman–Crippen LogP) is 0.0727. The van der Waals surface area contributed by atoms with Crippen molar-refractivity contribution >= 4 is 29.3 Å². The van der Waals surface area contributed by atoms with Crippen LogP contribution >= 0.6 is 23.4 Å². The van der Waals surface area contributed by atoms with Gasteiger partial charge >= 0.3 is 0 Å². The van der Waals surface area contributed by atoms with E-state index >= 15 is 0 Å². The van der Waals surface area contributed by atoms with Gasteiger partial charge in [-0.15, -0.1) is 0 Å². The first-order valence-corrected chi connectivity index (χ1v) is 6.09. The lowest BCUT2D eigenvalue weighted by Gasteiger charge is -2.09. The lowest BCUT2D eigenvalue weighted by Crippen LogP contribution is -2.69. The molecule has 1 aromatic rings. The number of benzene rings is 1. The van der Waals surface area contributed by atoms with Crippen LogP contribution in [0.4, 0.5) is 4.39 Å². The maximum atomic E-state index is 12.7. The van der Waals surface area contributed by atoms with E-state index in [1.54, 1.807) is 6.07 Å². The second-order valence-electron chi connectivity index (χ2n) is 3.27. The summed E-state index contributed by atoms with van der Waals surface area (Å²) in [7, 11) is 0. The fraction of sp³-hybridized carbons (Fsp3) is 0.300. The summed E-state index contributed by atoms with van der Waals surface area (Å²) in [5.41, 5.74) is 4.21. The Balaban J connectivity index is 2.46. The van der Waals surface area contributed by atoms with Crippen LogP contribution in [0, 0.1) is 5.82 Å². The molecule has 0 aliphatic heterocycles. The molecule has 0 fully saturated rings. The molecule has 0 aliphatic rings. The van der Waals surface area contributed by atoms with Crippen molar-refractivity contribution in [3.8, 4) is 0 Å². The topological polar surface area (TPSA) is 67.8 Å². The summed E-state index contributed by atoms with van der Waals surface area (Å²) >= 11 is 7.18. The number of halogens is 2. The predicted molar refractivity (Wildman–Crippen MR) is 59.3 cm³/mol. The molecule has 88 valence electrons. The van der Waals surface area contributed by atoms with E-state index in [1.807, 2.05) is 0 Å². The zero-order valence-electron chi connectivity index (χ0n) is 8.41. The molecule has 0 bridgehead atoms. The van der Waals surface area contributed by atoms with E-state index in [0.29, 0.717) is 16.5 Å². The molecule has 16 heavy (non-hydrogen) atoms.